The number of carbonyl (C=O) groups is 1. The zero-order valence-electron chi connectivity index (χ0n) is 15.4. The Morgan fingerprint density at radius 3 is 2.82 bits per heavy atom. The van der Waals surface area contributed by atoms with Gasteiger partial charge in [-0.1, -0.05) is 17.7 Å². The highest BCUT2D eigenvalue weighted by molar-refractivity contribution is 6.30. The topological polar surface area (TPSA) is 73.9 Å². The zero-order valence-corrected chi connectivity index (χ0v) is 16.2. The van der Waals surface area contributed by atoms with Crippen molar-refractivity contribution in [3.63, 3.8) is 0 Å². The maximum atomic E-state index is 12.3. The number of H-pyrrole nitrogens is 1. The SMILES string of the molecule is O=C(NCC1CCN(c2cc(-c3cccnc3)[nH]n2)CC1)c1cccc(Cl)c1. The number of nitrogens with zero attached hydrogens (tertiary/aromatic N) is 3. The van der Waals surface area contributed by atoms with Crippen molar-refractivity contribution in [1.29, 1.82) is 0 Å². The molecule has 1 aromatic carbocycles. The minimum absolute atomic E-state index is 0.0710. The lowest BCUT2D eigenvalue weighted by Gasteiger charge is -2.32. The molecular weight excluding hydrogens is 374 g/mol. The molecule has 2 aromatic heterocycles. The van der Waals surface area contributed by atoms with Gasteiger partial charge < -0.3 is 10.2 Å². The third-order valence-corrected chi connectivity index (χ3v) is 5.35. The smallest absolute Gasteiger partial charge is 0.251 e. The maximum Gasteiger partial charge on any atom is 0.251 e. The quantitative estimate of drug-likeness (QED) is 0.689. The van der Waals surface area contributed by atoms with Gasteiger partial charge >= 0.3 is 0 Å². The number of aromatic amines is 1. The number of nitrogens with one attached hydrogen (secondary N) is 2. The van der Waals surface area contributed by atoms with Gasteiger partial charge in [-0.05, 0) is 49.1 Å². The first-order valence-electron chi connectivity index (χ1n) is 9.43. The van der Waals surface area contributed by atoms with Gasteiger partial charge in [0, 0.05) is 54.2 Å². The number of pyridine rings is 1. The lowest BCUT2D eigenvalue weighted by atomic mass is 9.96. The maximum absolute atomic E-state index is 12.3. The number of benzene rings is 1. The molecule has 0 radical (unpaired) electrons. The van der Waals surface area contributed by atoms with Crippen molar-refractivity contribution in [3.05, 3.63) is 65.4 Å². The molecule has 28 heavy (non-hydrogen) atoms. The van der Waals surface area contributed by atoms with E-state index in [1.54, 1.807) is 30.5 Å². The van der Waals surface area contributed by atoms with Gasteiger partial charge in [-0.3, -0.25) is 14.9 Å². The second-order valence-electron chi connectivity index (χ2n) is 7.03. The van der Waals surface area contributed by atoms with E-state index in [2.05, 4.69) is 31.5 Å². The van der Waals surface area contributed by atoms with Crippen LogP contribution >= 0.6 is 11.6 Å². The molecule has 6 nitrogen and oxygen atoms in total. The van der Waals surface area contributed by atoms with E-state index in [0.29, 0.717) is 23.0 Å². The van der Waals surface area contributed by atoms with Gasteiger partial charge in [-0.15, -0.1) is 0 Å². The molecule has 0 atom stereocenters. The van der Waals surface area contributed by atoms with Crippen molar-refractivity contribution in [2.45, 2.75) is 12.8 Å². The molecule has 144 valence electrons. The number of hydrogen-bond donors (Lipinski definition) is 2. The number of halogens is 1. The van der Waals surface area contributed by atoms with Crippen LogP contribution in [0.5, 0.6) is 0 Å². The molecule has 3 aromatic rings. The monoisotopic (exact) mass is 395 g/mol. The summed E-state index contributed by atoms with van der Waals surface area (Å²) in [4.78, 5) is 18.7. The Kier molecular flexibility index (Phi) is 5.58. The van der Waals surface area contributed by atoms with Gasteiger partial charge in [0.1, 0.15) is 0 Å². The first-order chi connectivity index (χ1) is 13.7. The highest BCUT2D eigenvalue weighted by Gasteiger charge is 2.22. The van der Waals surface area contributed by atoms with Crippen molar-refractivity contribution in [1.82, 2.24) is 20.5 Å². The van der Waals surface area contributed by atoms with E-state index in [9.17, 15) is 4.79 Å². The van der Waals surface area contributed by atoms with Crippen molar-refractivity contribution >= 4 is 23.3 Å². The second-order valence-corrected chi connectivity index (χ2v) is 7.47. The highest BCUT2D eigenvalue weighted by atomic mass is 35.5. The third-order valence-electron chi connectivity index (χ3n) is 5.11. The molecule has 4 rings (SSSR count). The Labute approximate surface area is 168 Å². The molecule has 0 aliphatic carbocycles. The predicted molar refractivity (Wildman–Crippen MR) is 111 cm³/mol. The molecule has 1 fully saturated rings. The minimum Gasteiger partial charge on any atom is -0.355 e. The van der Waals surface area contributed by atoms with E-state index in [0.717, 1.165) is 43.0 Å². The van der Waals surface area contributed by atoms with Crippen LogP contribution in [-0.4, -0.2) is 40.7 Å². The normalized spacial score (nSPS) is 14.8. The standard InChI is InChI=1S/C21H22ClN5O/c22-18-5-1-3-16(11-18)21(28)24-13-15-6-9-27(10-7-15)20-12-19(25-26-20)17-4-2-8-23-14-17/h1-5,8,11-12,14-15H,6-7,9-10,13H2,(H,24,28)(H,25,26). The summed E-state index contributed by atoms with van der Waals surface area (Å²) < 4.78 is 0. The molecule has 0 saturated carbocycles. The van der Waals surface area contributed by atoms with Crippen LogP contribution < -0.4 is 10.2 Å². The summed E-state index contributed by atoms with van der Waals surface area (Å²) in [6.45, 7) is 2.53. The summed E-state index contributed by atoms with van der Waals surface area (Å²) in [7, 11) is 0. The first-order valence-corrected chi connectivity index (χ1v) is 9.81. The molecule has 1 aliphatic heterocycles. The largest absolute Gasteiger partial charge is 0.355 e. The number of rotatable bonds is 5. The Balaban J connectivity index is 1.28. The van der Waals surface area contributed by atoms with E-state index in [1.165, 1.54) is 0 Å². The molecule has 2 N–H and O–H groups in total. The molecule has 0 spiro atoms. The Morgan fingerprint density at radius 1 is 1.21 bits per heavy atom. The molecule has 0 unspecified atom stereocenters. The average molecular weight is 396 g/mol. The van der Waals surface area contributed by atoms with Crippen molar-refractivity contribution in [2.75, 3.05) is 24.5 Å². The van der Waals surface area contributed by atoms with Crippen molar-refractivity contribution in [2.24, 2.45) is 5.92 Å². The second kappa shape index (κ2) is 8.44. The molecule has 3 heterocycles. The fourth-order valence-corrected chi connectivity index (χ4v) is 3.67. The Bertz CT molecular complexity index is 935. The number of piperidine rings is 1. The van der Waals surface area contributed by atoms with Crippen LogP contribution in [0.1, 0.15) is 23.2 Å². The number of hydrogen-bond acceptors (Lipinski definition) is 4. The molecule has 1 aliphatic rings. The van der Waals surface area contributed by atoms with Crippen LogP contribution in [0.15, 0.2) is 54.9 Å². The summed E-state index contributed by atoms with van der Waals surface area (Å²) in [6, 6.07) is 13.0. The molecule has 1 saturated heterocycles. The summed E-state index contributed by atoms with van der Waals surface area (Å²) in [5.74, 6) is 1.36. The number of carbonyl (C=O) groups excluding carboxylic acids is 1. The van der Waals surface area contributed by atoms with Crippen LogP contribution in [-0.2, 0) is 0 Å². The van der Waals surface area contributed by atoms with E-state index in [4.69, 9.17) is 11.6 Å². The van der Waals surface area contributed by atoms with E-state index >= 15 is 0 Å². The van der Waals surface area contributed by atoms with Gasteiger partial charge in [0.25, 0.3) is 5.91 Å². The van der Waals surface area contributed by atoms with Gasteiger partial charge in [-0.2, -0.15) is 5.10 Å². The summed E-state index contributed by atoms with van der Waals surface area (Å²) >= 11 is 5.96. The average Bonchev–Trinajstić information content (AvgIpc) is 3.23. The predicted octanol–water partition coefficient (Wildman–Crippen LogP) is 3.77. The first kappa shape index (κ1) is 18.5. The fraction of sp³-hybridized carbons (Fsp3) is 0.286. The fourth-order valence-electron chi connectivity index (χ4n) is 3.48. The van der Waals surface area contributed by atoms with Gasteiger partial charge in [0.15, 0.2) is 5.82 Å². The van der Waals surface area contributed by atoms with E-state index < -0.39 is 0 Å². The molecule has 7 heteroatoms. The van der Waals surface area contributed by atoms with Crippen molar-refractivity contribution < 1.29 is 4.79 Å². The van der Waals surface area contributed by atoms with E-state index in [1.807, 2.05) is 18.3 Å². The van der Waals surface area contributed by atoms with Crippen LogP contribution in [0, 0.1) is 5.92 Å². The summed E-state index contributed by atoms with van der Waals surface area (Å²) in [5, 5.41) is 11.2. The van der Waals surface area contributed by atoms with Crippen molar-refractivity contribution in [3.8, 4) is 11.3 Å². The molecule has 0 bridgehead atoms. The number of aromatic nitrogens is 3. The number of amides is 1. The lowest BCUT2D eigenvalue weighted by molar-refractivity contribution is 0.0945. The Morgan fingerprint density at radius 2 is 2.07 bits per heavy atom. The van der Waals surface area contributed by atoms with Crippen LogP contribution in [0.25, 0.3) is 11.3 Å². The van der Waals surface area contributed by atoms with Crippen LogP contribution in [0.4, 0.5) is 5.82 Å². The van der Waals surface area contributed by atoms with Gasteiger partial charge in [0.05, 0.1) is 5.69 Å². The minimum atomic E-state index is -0.0710. The summed E-state index contributed by atoms with van der Waals surface area (Å²) in [6.07, 6.45) is 5.62. The molecule has 1 amide bonds. The lowest BCUT2D eigenvalue weighted by Crippen LogP contribution is -2.38. The van der Waals surface area contributed by atoms with Crippen LogP contribution in [0.2, 0.25) is 5.02 Å². The third kappa shape index (κ3) is 4.34. The Hall–Kier alpha value is -2.86. The zero-order chi connectivity index (χ0) is 19.3. The van der Waals surface area contributed by atoms with E-state index in [-0.39, 0.29) is 5.91 Å². The van der Waals surface area contributed by atoms with Crippen LogP contribution in [0.3, 0.4) is 0 Å². The van der Waals surface area contributed by atoms with Gasteiger partial charge in [-0.25, -0.2) is 0 Å². The highest BCUT2D eigenvalue weighted by Crippen LogP contribution is 2.25. The number of anilines is 1. The van der Waals surface area contributed by atoms with Gasteiger partial charge in [0.2, 0.25) is 0 Å². The summed E-state index contributed by atoms with van der Waals surface area (Å²) in [5.41, 5.74) is 2.60. The molecular formula is C21H22ClN5O.